The first-order valence-corrected chi connectivity index (χ1v) is 7.12. The van der Waals surface area contributed by atoms with Gasteiger partial charge in [-0.3, -0.25) is 4.99 Å². The molecule has 0 bridgehead atoms. The lowest BCUT2D eigenvalue weighted by Crippen LogP contribution is -2.45. The zero-order chi connectivity index (χ0) is 13.8. The third-order valence-electron chi connectivity index (χ3n) is 2.86. The Hall–Kier alpha value is -0.120. The van der Waals surface area contributed by atoms with Gasteiger partial charge in [-0.15, -0.1) is 24.0 Å². The van der Waals surface area contributed by atoms with E-state index in [0.717, 1.165) is 45.8 Å². The summed E-state index contributed by atoms with van der Waals surface area (Å²) < 4.78 is 16.1. The van der Waals surface area contributed by atoms with Crippen LogP contribution in [-0.4, -0.2) is 70.1 Å². The predicted molar refractivity (Wildman–Crippen MR) is 90.8 cm³/mol. The fourth-order valence-corrected chi connectivity index (χ4v) is 1.69. The van der Waals surface area contributed by atoms with Crippen molar-refractivity contribution < 1.29 is 14.2 Å². The molecular weight excluding hydrogens is 373 g/mol. The van der Waals surface area contributed by atoms with Crippen molar-refractivity contribution in [3.05, 3.63) is 0 Å². The molecule has 1 aliphatic heterocycles. The molecule has 0 aliphatic carbocycles. The molecule has 0 aromatic heterocycles. The number of nitrogens with two attached hydrogens (primary N) is 1. The Labute approximate surface area is 139 Å². The Bertz CT molecular complexity index is 249. The van der Waals surface area contributed by atoms with E-state index in [0.29, 0.717) is 32.3 Å². The second-order valence-corrected chi connectivity index (χ2v) is 4.42. The second kappa shape index (κ2) is 13.8. The Morgan fingerprint density at radius 2 is 1.80 bits per heavy atom. The summed E-state index contributed by atoms with van der Waals surface area (Å²) in [4.78, 5) is 6.33. The minimum Gasteiger partial charge on any atom is -0.379 e. The van der Waals surface area contributed by atoms with Crippen LogP contribution in [-0.2, 0) is 14.2 Å². The zero-order valence-electron chi connectivity index (χ0n) is 12.4. The van der Waals surface area contributed by atoms with Crippen LogP contribution in [0.5, 0.6) is 0 Å². The van der Waals surface area contributed by atoms with Crippen molar-refractivity contribution in [2.75, 3.05) is 59.3 Å². The summed E-state index contributed by atoms with van der Waals surface area (Å²) in [7, 11) is 0. The highest BCUT2D eigenvalue weighted by Crippen LogP contribution is 1.96. The lowest BCUT2D eigenvalue weighted by atomic mass is 10.4. The summed E-state index contributed by atoms with van der Waals surface area (Å²) in [6, 6.07) is 0. The summed E-state index contributed by atoms with van der Waals surface area (Å²) >= 11 is 0. The molecule has 1 aliphatic rings. The second-order valence-electron chi connectivity index (χ2n) is 4.42. The van der Waals surface area contributed by atoms with Gasteiger partial charge in [0.15, 0.2) is 5.96 Å². The van der Waals surface area contributed by atoms with E-state index in [-0.39, 0.29) is 24.0 Å². The van der Waals surface area contributed by atoms with Crippen LogP contribution < -0.4 is 5.73 Å². The monoisotopic (exact) mass is 401 g/mol. The first-order valence-electron chi connectivity index (χ1n) is 7.12. The third kappa shape index (κ3) is 9.73. The Morgan fingerprint density at radius 3 is 2.45 bits per heavy atom. The van der Waals surface area contributed by atoms with Gasteiger partial charge in [-0.05, 0) is 6.42 Å². The fraction of sp³-hybridized carbons (Fsp3) is 0.923. The largest absolute Gasteiger partial charge is 0.379 e. The van der Waals surface area contributed by atoms with Crippen LogP contribution in [0, 0.1) is 0 Å². The number of morpholine rings is 1. The average molecular weight is 401 g/mol. The van der Waals surface area contributed by atoms with Crippen molar-refractivity contribution >= 4 is 29.9 Å². The molecule has 0 atom stereocenters. The van der Waals surface area contributed by atoms with Gasteiger partial charge in [0.2, 0.25) is 0 Å². The molecule has 0 saturated carbocycles. The highest BCUT2D eigenvalue weighted by atomic mass is 127. The fourth-order valence-electron chi connectivity index (χ4n) is 1.69. The number of halogens is 1. The smallest absolute Gasteiger partial charge is 0.191 e. The molecule has 1 fully saturated rings. The van der Waals surface area contributed by atoms with Crippen LogP contribution >= 0.6 is 24.0 Å². The van der Waals surface area contributed by atoms with Gasteiger partial charge in [0.25, 0.3) is 0 Å². The van der Waals surface area contributed by atoms with Crippen LogP contribution in [0.4, 0.5) is 0 Å². The lowest BCUT2D eigenvalue weighted by Gasteiger charge is -2.27. The van der Waals surface area contributed by atoms with Crippen LogP contribution in [0.1, 0.15) is 19.8 Å². The average Bonchev–Trinajstić information content (AvgIpc) is 2.46. The van der Waals surface area contributed by atoms with E-state index < -0.39 is 0 Å². The highest BCUT2D eigenvalue weighted by Gasteiger charge is 2.11. The van der Waals surface area contributed by atoms with Crippen LogP contribution in [0.15, 0.2) is 4.99 Å². The molecule has 1 heterocycles. The van der Waals surface area contributed by atoms with Crippen LogP contribution in [0.3, 0.4) is 0 Å². The topological polar surface area (TPSA) is 69.3 Å². The first kappa shape index (κ1) is 19.9. The molecule has 0 spiro atoms. The molecule has 0 radical (unpaired) electrons. The lowest BCUT2D eigenvalue weighted by molar-refractivity contribution is 0.0494. The van der Waals surface area contributed by atoms with E-state index in [1.807, 2.05) is 4.90 Å². The van der Waals surface area contributed by atoms with Gasteiger partial charge in [0.05, 0.1) is 39.6 Å². The third-order valence-corrected chi connectivity index (χ3v) is 2.86. The molecule has 0 aromatic carbocycles. The standard InChI is InChI=1S/C13H27N3O3.HI/c1-2-3-7-17-11-12-18-8-4-15-13(14)16-5-9-19-10-6-16;/h2-12H2,1H3,(H2,14,15);1H. The number of rotatable bonds is 9. The number of ether oxygens (including phenoxy) is 3. The zero-order valence-corrected chi connectivity index (χ0v) is 14.7. The van der Waals surface area contributed by atoms with Gasteiger partial charge in [-0.1, -0.05) is 13.3 Å². The SMILES string of the molecule is CCCCOCCOCCN=C(N)N1CCOCC1.I. The molecule has 0 unspecified atom stereocenters. The Kier molecular flexibility index (Phi) is 13.8. The molecule has 20 heavy (non-hydrogen) atoms. The summed E-state index contributed by atoms with van der Waals surface area (Å²) in [5.41, 5.74) is 5.88. The predicted octanol–water partition coefficient (Wildman–Crippen LogP) is 1.08. The van der Waals surface area contributed by atoms with Gasteiger partial charge in [-0.25, -0.2) is 0 Å². The van der Waals surface area contributed by atoms with Crippen molar-refractivity contribution in [2.45, 2.75) is 19.8 Å². The van der Waals surface area contributed by atoms with E-state index in [4.69, 9.17) is 19.9 Å². The van der Waals surface area contributed by atoms with E-state index in [2.05, 4.69) is 11.9 Å². The van der Waals surface area contributed by atoms with E-state index >= 15 is 0 Å². The maximum atomic E-state index is 5.88. The number of unbranched alkanes of at least 4 members (excludes halogenated alkanes) is 1. The van der Waals surface area contributed by atoms with Crippen molar-refractivity contribution in [2.24, 2.45) is 10.7 Å². The van der Waals surface area contributed by atoms with Gasteiger partial charge in [0, 0.05) is 19.7 Å². The maximum absolute atomic E-state index is 5.88. The normalized spacial score (nSPS) is 16.1. The molecule has 6 nitrogen and oxygen atoms in total. The minimum atomic E-state index is 0. The van der Waals surface area contributed by atoms with Crippen molar-refractivity contribution in [1.29, 1.82) is 0 Å². The Balaban J connectivity index is 0.00000361. The summed E-state index contributed by atoms with van der Waals surface area (Å²) in [6.45, 7) is 8.52. The molecule has 0 amide bonds. The van der Waals surface area contributed by atoms with Crippen LogP contribution in [0.2, 0.25) is 0 Å². The number of guanidine groups is 1. The molecule has 1 saturated heterocycles. The van der Waals surface area contributed by atoms with Crippen molar-refractivity contribution in [1.82, 2.24) is 4.90 Å². The van der Waals surface area contributed by atoms with Gasteiger partial charge >= 0.3 is 0 Å². The number of aliphatic imine (C=N–C) groups is 1. The van der Waals surface area contributed by atoms with Crippen molar-refractivity contribution in [3.8, 4) is 0 Å². The molecule has 1 rings (SSSR count). The van der Waals surface area contributed by atoms with Gasteiger partial charge < -0.3 is 24.8 Å². The first-order chi connectivity index (χ1) is 9.34. The van der Waals surface area contributed by atoms with Gasteiger partial charge in [-0.2, -0.15) is 0 Å². The van der Waals surface area contributed by atoms with Crippen LogP contribution in [0.25, 0.3) is 0 Å². The summed E-state index contributed by atoms with van der Waals surface area (Å²) in [5, 5.41) is 0. The van der Waals surface area contributed by atoms with Crippen molar-refractivity contribution in [3.63, 3.8) is 0 Å². The number of hydrogen-bond donors (Lipinski definition) is 1. The molecular formula is C13H28IN3O3. The van der Waals surface area contributed by atoms with Gasteiger partial charge in [0.1, 0.15) is 0 Å². The molecule has 7 heteroatoms. The minimum absolute atomic E-state index is 0. The molecule has 120 valence electrons. The molecule has 0 aromatic rings. The van der Waals surface area contributed by atoms with E-state index in [9.17, 15) is 0 Å². The quantitative estimate of drug-likeness (QED) is 0.271. The maximum Gasteiger partial charge on any atom is 0.191 e. The number of hydrogen-bond acceptors (Lipinski definition) is 4. The Morgan fingerprint density at radius 1 is 1.15 bits per heavy atom. The molecule has 2 N–H and O–H groups in total. The summed E-state index contributed by atoms with van der Waals surface area (Å²) in [6.07, 6.45) is 2.27. The van der Waals surface area contributed by atoms with E-state index in [1.165, 1.54) is 0 Å². The van der Waals surface area contributed by atoms with E-state index in [1.54, 1.807) is 0 Å². The summed E-state index contributed by atoms with van der Waals surface area (Å²) in [5.74, 6) is 0.589. The highest BCUT2D eigenvalue weighted by molar-refractivity contribution is 14.0. The number of nitrogens with zero attached hydrogens (tertiary/aromatic N) is 2.